The van der Waals surface area contributed by atoms with Crippen molar-refractivity contribution in [2.75, 3.05) is 13.7 Å². The van der Waals surface area contributed by atoms with Crippen LogP contribution in [0.2, 0.25) is 0 Å². The molecule has 0 heterocycles. The minimum Gasteiger partial charge on any atom is -0.500 e. The van der Waals surface area contributed by atoms with Gasteiger partial charge in [0.05, 0.1) is 18.2 Å². The summed E-state index contributed by atoms with van der Waals surface area (Å²) in [6, 6.07) is 6.36. The van der Waals surface area contributed by atoms with Crippen molar-refractivity contribution >= 4 is 17.8 Å². The third-order valence-electron chi connectivity index (χ3n) is 4.12. The molecule has 0 radical (unpaired) electrons. The smallest absolute Gasteiger partial charge is 0.315 e. The van der Waals surface area contributed by atoms with Gasteiger partial charge < -0.3 is 14.6 Å². The first-order chi connectivity index (χ1) is 13.2. The number of amides is 1. The van der Waals surface area contributed by atoms with Crippen molar-refractivity contribution < 1.29 is 24.3 Å². The maximum Gasteiger partial charge on any atom is 0.315 e. The summed E-state index contributed by atoms with van der Waals surface area (Å²) < 4.78 is 10.5. The van der Waals surface area contributed by atoms with E-state index in [9.17, 15) is 20.0 Å². The normalized spacial score (nSPS) is 10.7. The first-order valence-electron chi connectivity index (χ1n) is 8.31. The molecule has 0 aliphatic rings. The molecule has 0 aliphatic heterocycles. The van der Waals surface area contributed by atoms with Crippen molar-refractivity contribution in [2.24, 2.45) is 5.10 Å². The van der Waals surface area contributed by atoms with Gasteiger partial charge in [0.1, 0.15) is 5.75 Å². The lowest BCUT2D eigenvalue weighted by atomic mass is 10.1. The molecule has 0 saturated carbocycles. The highest BCUT2D eigenvalue weighted by atomic mass is 16.6. The Kier molecular flexibility index (Phi) is 6.54. The number of hydrazone groups is 1. The first-order valence-corrected chi connectivity index (χ1v) is 8.31. The summed E-state index contributed by atoms with van der Waals surface area (Å²) in [6.07, 6.45) is 1.20. The fraction of sp³-hybridized carbons (Fsp3) is 0.263. The molecule has 1 amide bonds. The number of phenolic OH excluding ortho intramolecular Hbond substituents is 1. The molecule has 2 aromatic carbocycles. The van der Waals surface area contributed by atoms with E-state index in [0.717, 1.165) is 22.8 Å². The fourth-order valence-corrected chi connectivity index (χ4v) is 2.48. The van der Waals surface area contributed by atoms with Crippen LogP contribution in [-0.2, 0) is 4.79 Å². The Morgan fingerprint density at radius 3 is 2.61 bits per heavy atom. The summed E-state index contributed by atoms with van der Waals surface area (Å²) in [6.45, 7) is 5.53. The van der Waals surface area contributed by atoms with Gasteiger partial charge in [0, 0.05) is 11.6 Å². The average Bonchev–Trinajstić information content (AvgIpc) is 2.65. The lowest BCUT2D eigenvalue weighted by molar-refractivity contribution is -0.386. The van der Waals surface area contributed by atoms with E-state index in [-0.39, 0.29) is 17.9 Å². The number of carbonyl (C=O) groups is 1. The van der Waals surface area contributed by atoms with Crippen LogP contribution in [0.25, 0.3) is 0 Å². The van der Waals surface area contributed by atoms with Gasteiger partial charge in [-0.25, -0.2) is 5.43 Å². The van der Waals surface area contributed by atoms with Gasteiger partial charge in [-0.05, 0) is 43.5 Å². The Morgan fingerprint density at radius 1 is 1.29 bits per heavy atom. The van der Waals surface area contributed by atoms with Gasteiger partial charge in [-0.15, -0.1) is 0 Å². The summed E-state index contributed by atoms with van der Waals surface area (Å²) in [4.78, 5) is 22.2. The lowest BCUT2D eigenvalue weighted by Crippen LogP contribution is -2.25. The number of ether oxygens (including phenoxy) is 2. The molecule has 9 heteroatoms. The van der Waals surface area contributed by atoms with Crippen LogP contribution in [0.1, 0.15) is 22.3 Å². The molecule has 0 bridgehead atoms. The molecule has 9 nitrogen and oxygen atoms in total. The van der Waals surface area contributed by atoms with Gasteiger partial charge in [0.2, 0.25) is 5.75 Å². The molecule has 0 saturated heterocycles. The van der Waals surface area contributed by atoms with Crippen molar-refractivity contribution in [3.05, 3.63) is 56.6 Å². The highest BCUT2D eigenvalue weighted by Crippen LogP contribution is 2.36. The highest BCUT2D eigenvalue weighted by molar-refractivity contribution is 5.85. The Morgan fingerprint density at radius 2 is 1.96 bits per heavy atom. The molecular formula is C19H21N3O6. The zero-order valence-electron chi connectivity index (χ0n) is 16.0. The number of methoxy groups -OCH3 is 1. The number of hydrogen-bond donors (Lipinski definition) is 2. The third-order valence-corrected chi connectivity index (χ3v) is 4.12. The largest absolute Gasteiger partial charge is 0.500 e. The Bertz CT molecular complexity index is 940. The van der Waals surface area contributed by atoms with E-state index in [1.165, 1.54) is 19.4 Å². The van der Waals surface area contributed by atoms with Crippen LogP contribution in [0.15, 0.2) is 29.4 Å². The second-order valence-electron chi connectivity index (χ2n) is 6.08. The zero-order valence-corrected chi connectivity index (χ0v) is 16.0. The molecule has 2 N–H and O–H groups in total. The summed E-state index contributed by atoms with van der Waals surface area (Å²) in [5.41, 5.74) is 4.97. The number of phenols is 1. The Labute approximate surface area is 161 Å². The van der Waals surface area contributed by atoms with Gasteiger partial charge in [0.25, 0.3) is 5.91 Å². The van der Waals surface area contributed by atoms with Crippen LogP contribution in [0.3, 0.4) is 0 Å². The van der Waals surface area contributed by atoms with Crippen LogP contribution in [0.4, 0.5) is 5.69 Å². The number of hydrogen-bond acceptors (Lipinski definition) is 7. The van der Waals surface area contributed by atoms with E-state index in [1.54, 1.807) is 0 Å². The number of nitro benzene ring substituents is 1. The molecule has 0 fully saturated rings. The van der Waals surface area contributed by atoms with E-state index in [4.69, 9.17) is 9.47 Å². The van der Waals surface area contributed by atoms with Gasteiger partial charge in [-0.2, -0.15) is 5.10 Å². The molecule has 2 aromatic rings. The predicted octanol–water partition coefficient (Wildman–Crippen LogP) is 2.76. The van der Waals surface area contributed by atoms with Gasteiger partial charge >= 0.3 is 5.69 Å². The van der Waals surface area contributed by atoms with Crippen LogP contribution >= 0.6 is 0 Å². The molecule has 0 aromatic heterocycles. The minimum absolute atomic E-state index is 0.0734. The van der Waals surface area contributed by atoms with Crippen LogP contribution in [-0.4, -0.2) is 35.9 Å². The molecule has 0 unspecified atom stereocenters. The van der Waals surface area contributed by atoms with E-state index >= 15 is 0 Å². The van der Waals surface area contributed by atoms with Gasteiger partial charge in [-0.3, -0.25) is 14.9 Å². The second kappa shape index (κ2) is 8.85. The highest BCUT2D eigenvalue weighted by Gasteiger charge is 2.19. The predicted molar refractivity (Wildman–Crippen MR) is 103 cm³/mol. The molecule has 2 rings (SSSR count). The number of rotatable bonds is 7. The standard InChI is InChI=1S/C19H21N3O6/c1-11-5-6-12(2)19(13(11)3)28-10-17(23)21-20-9-14-7-15(22(25)26)18(24)16(8-14)27-4/h5-9,24H,10H2,1-4H3,(H,21,23). The van der Waals surface area contributed by atoms with Crippen molar-refractivity contribution in [1.82, 2.24) is 5.43 Å². The first kappa shape index (κ1) is 20.7. The number of aryl methyl sites for hydroxylation is 2. The fourth-order valence-electron chi connectivity index (χ4n) is 2.48. The monoisotopic (exact) mass is 387 g/mol. The minimum atomic E-state index is -0.742. The average molecular weight is 387 g/mol. The van der Waals surface area contributed by atoms with E-state index in [2.05, 4.69) is 10.5 Å². The number of nitrogens with zero attached hydrogens (tertiary/aromatic N) is 2. The number of aromatic hydroxyl groups is 1. The quantitative estimate of drug-likeness (QED) is 0.428. The van der Waals surface area contributed by atoms with Crippen LogP contribution in [0.5, 0.6) is 17.2 Å². The number of nitrogens with one attached hydrogen (secondary N) is 1. The van der Waals surface area contributed by atoms with E-state index < -0.39 is 22.3 Å². The summed E-state index contributed by atoms with van der Waals surface area (Å²) in [7, 11) is 1.27. The SMILES string of the molecule is COc1cc(C=NNC(=O)COc2c(C)ccc(C)c2C)cc([N+](=O)[O-])c1O. The van der Waals surface area contributed by atoms with E-state index in [1.807, 2.05) is 32.9 Å². The number of benzene rings is 2. The second-order valence-corrected chi connectivity index (χ2v) is 6.08. The molecule has 0 atom stereocenters. The maximum atomic E-state index is 11.9. The van der Waals surface area contributed by atoms with Gasteiger partial charge in [0.15, 0.2) is 12.4 Å². The number of carbonyl (C=O) groups excluding carboxylic acids is 1. The van der Waals surface area contributed by atoms with Crippen LogP contribution < -0.4 is 14.9 Å². The maximum absolute atomic E-state index is 11.9. The van der Waals surface area contributed by atoms with E-state index in [0.29, 0.717) is 5.75 Å². The topological polar surface area (TPSA) is 123 Å². The third kappa shape index (κ3) is 4.76. The molecule has 28 heavy (non-hydrogen) atoms. The van der Waals surface area contributed by atoms with Crippen molar-refractivity contribution in [2.45, 2.75) is 20.8 Å². The lowest BCUT2D eigenvalue weighted by Gasteiger charge is -2.13. The summed E-state index contributed by atoms with van der Waals surface area (Å²) in [5.74, 6) is -0.489. The number of nitro groups is 1. The summed E-state index contributed by atoms with van der Waals surface area (Å²) >= 11 is 0. The zero-order chi connectivity index (χ0) is 20.8. The molecule has 0 spiro atoms. The van der Waals surface area contributed by atoms with Crippen molar-refractivity contribution in [3.63, 3.8) is 0 Å². The summed E-state index contributed by atoms with van der Waals surface area (Å²) in [5, 5.41) is 24.5. The molecule has 0 aliphatic carbocycles. The molecular weight excluding hydrogens is 366 g/mol. The van der Waals surface area contributed by atoms with Gasteiger partial charge in [-0.1, -0.05) is 12.1 Å². The molecule has 148 valence electrons. The van der Waals surface area contributed by atoms with Crippen LogP contribution in [0, 0.1) is 30.9 Å². The Balaban J connectivity index is 2.03. The Hall–Kier alpha value is -3.62. The van der Waals surface area contributed by atoms with Crippen molar-refractivity contribution in [1.29, 1.82) is 0 Å². The van der Waals surface area contributed by atoms with Crippen molar-refractivity contribution in [3.8, 4) is 17.2 Å².